The van der Waals surface area contributed by atoms with Gasteiger partial charge in [-0.3, -0.25) is 0 Å². The first-order chi connectivity index (χ1) is 5.08. The fourth-order valence-electron chi connectivity index (χ4n) is 1.46. The molecule has 0 saturated heterocycles. The smallest absolute Gasteiger partial charge is 0.0700 e. The Morgan fingerprint density at radius 2 is 2.36 bits per heavy atom. The van der Waals surface area contributed by atoms with Crippen molar-refractivity contribution in [3.05, 3.63) is 36.5 Å². The molecule has 1 aliphatic rings. The van der Waals surface area contributed by atoms with Gasteiger partial charge < -0.3 is 0 Å². The van der Waals surface area contributed by atoms with Crippen molar-refractivity contribution in [2.24, 2.45) is 5.92 Å². The lowest BCUT2D eigenvalue weighted by atomic mass is 9.83. The van der Waals surface area contributed by atoms with Crippen molar-refractivity contribution in [3.8, 4) is 0 Å². The van der Waals surface area contributed by atoms with E-state index in [1.54, 1.807) is 0 Å². The van der Waals surface area contributed by atoms with Gasteiger partial charge in [0.1, 0.15) is 0 Å². The van der Waals surface area contributed by atoms with Crippen LogP contribution in [0.25, 0.3) is 0 Å². The molecule has 0 N–H and O–H groups in total. The molecule has 11 heavy (non-hydrogen) atoms. The minimum atomic E-state index is -0.277. The van der Waals surface area contributed by atoms with E-state index >= 15 is 0 Å². The molecule has 0 amide bonds. The highest BCUT2D eigenvalue weighted by Gasteiger charge is 2.29. The molecule has 0 bridgehead atoms. The monoisotopic (exact) mass is 168 g/mol. The number of hydrogen-bond acceptors (Lipinski definition) is 0. The van der Waals surface area contributed by atoms with Crippen LogP contribution < -0.4 is 0 Å². The second-order valence-corrected chi connectivity index (χ2v) is 3.95. The molecule has 0 aromatic heterocycles. The second-order valence-electron chi connectivity index (χ2n) is 3.13. The summed E-state index contributed by atoms with van der Waals surface area (Å²) in [6.07, 6.45) is 8.00. The maximum Gasteiger partial charge on any atom is 0.0700 e. The summed E-state index contributed by atoms with van der Waals surface area (Å²) in [5.41, 5.74) is 1.28. The minimum absolute atomic E-state index is 0.272. The predicted molar refractivity (Wildman–Crippen MR) is 50.8 cm³/mol. The zero-order valence-corrected chi connectivity index (χ0v) is 7.73. The van der Waals surface area contributed by atoms with E-state index in [0.717, 1.165) is 0 Å². The first-order valence-electron chi connectivity index (χ1n) is 3.75. The Kier molecular flexibility index (Phi) is 2.24. The van der Waals surface area contributed by atoms with Crippen molar-refractivity contribution in [1.82, 2.24) is 0 Å². The number of alkyl halides is 1. The molecular weight excluding hydrogens is 156 g/mol. The summed E-state index contributed by atoms with van der Waals surface area (Å²) < 4.78 is 0. The van der Waals surface area contributed by atoms with Gasteiger partial charge in [0.2, 0.25) is 0 Å². The fraction of sp³-hybridized carbons (Fsp3) is 0.400. The van der Waals surface area contributed by atoms with Gasteiger partial charge >= 0.3 is 0 Å². The lowest BCUT2D eigenvalue weighted by Gasteiger charge is -2.29. The quantitative estimate of drug-likeness (QED) is 0.416. The van der Waals surface area contributed by atoms with Crippen molar-refractivity contribution in [2.75, 3.05) is 0 Å². The van der Waals surface area contributed by atoms with Gasteiger partial charge in [-0.1, -0.05) is 29.9 Å². The van der Waals surface area contributed by atoms with Crippen LogP contribution in [0.2, 0.25) is 0 Å². The number of hydrogen-bond donors (Lipinski definition) is 0. The van der Waals surface area contributed by atoms with Crippen LogP contribution in [0.4, 0.5) is 0 Å². The maximum atomic E-state index is 6.23. The van der Waals surface area contributed by atoms with Gasteiger partial charge in [-0.2, -0.15) is 0 Å². The van der Waals surface area contributed by atoms with Crippen LogP contribution in [-0.2, 0) is 0 Å². The summed E-state index contributed by atoms with van der Waals surface area (Å²) in [4.78, 5) is -0.277. The van der Waals surface area contributed by atoms with E-state index in [1.165, 1.54) is 5.57 Å². The third-order valence-corrected chi connectivity index (χ3v) is 2.48. The van der Waals surface area contributed by atoms with Gasteiger partial charge in [-0.05, 0) is 13.8 Å². The average molecular weight is 169 g/mol. The van der Waals surface area contributed by atoms with E-state index in [4.69, 9.17) is 11.6 Å². The predicted octanol–water partition coefficient (Wildman–Crippen LogP) is 3.30. The van der Waals surface area contributed by atoms with E-state index in [-0.39, 0.29) is 10.8 Å². The van der Waals surface area contributed by atoms with Crippen LogP contribution in [0.15, 0.2) is 36.5 Å². The van der Waals surface area contributed by atoms with Gasteiger partial charge in [0.05, 0.1) is 4.87 Å². The zero-order valence-electron chi connectivity index (χ0n) is 6.97. The van der Waals surface area contributed by atoms with E-state index in [9.17, 15) is 0 Å². The molecule has 2 unspecified atom stereocenters. The Labute approximate surface area is 73.3 Å². The van der Waals surface area contributed by atoms with Gasteiger partial charge in [0.15, 0.2) is 0 Å². The van der Waals surface area contributed by atoms with Crippen LogP contribution >= 0.6 is 11.6 Å². The lowest BCUT2D eigenvalue weighted by Crippen LogP contribution is -2.27. The lowest BCUT2D eigenvalue weighted by molar-refractivity contribution is 0.614. The molecule has 60 valence electrons. The summed E-state index contributed by atoms with van der Waals surface area (Å²) in [6, 6.07) is 0. The maximum absolute atomic E-state index is 6.23. The highest BCUT2D eigenvalue weighted by molar-refractivity contribution is 6.25. The first-order valence-corrected chi connectivity index (χ1v) is 4.13. The molecule has 0 radical (unpaired) electrons. The van der Waals surface area contributed by atoms with Gasteiger partial charge in [0.25, 0.3) is 0 Å². The molecule has 0 saturated carbocycles. The number of rotatable bonds is 1. The Hall–Kier alpha value is -0.490. The third-order valence-electron chi connectivity index (χ3n) is 2.12. The highest BCUT2D eigenvalue weighted by atomic mass is 35.5. The molecule has 0 fully saturated rings. The van der Waals surface area contributed by atoms with Crippen molar-refractivity contribution >= 4 is 11.6 Å². The highest BCUT2D eigenvalue weighted by Crippen LogP contribution is 2.35. The van der Waals surface area contributed by atoms with E-state index in [1.807, 2.05) is 25.2 Å². The first kappa shape index (κ1) is 8.61. The van der Waals surface area contributed by atoms with E-state index < -0.39 is 0 Å². The largest absolute Gasteiger partial charge is 0.114 e. The topological polar surface area (TPSA) is 0 Å². The summed E-state index contributed by atoms with van der Waals surface area (Å²) in [5.74, 6) is 0.272. The van der Waals surface area contributed by atoms with Crippen LogP contribution in [0.1, 0.15) is 13.8 Å². The summed E-state index contributed by atoms with van der Waals surface area (Å²) in [6.45, 7) is 7.86. The average Bonchev–Trinajstić information content (AvgIpc) is 1.86. The summed E-state index contributed by atoms with van der Waals surface area (Å²) in [5, 5.41) is 0. The molecule has 0 heterocycles. The van der Waals surface area contributed by atoms with Crippen LogP contribution in [0, 0.1) is 5.92 Å². The minimum Gasteiger partial charge on any atom is -0.114 e. The number of allylic oxidation sites excluding steroid dienone is 5. The molecule has 1 heteroatoms. The Balaban J connectivity index is 2.97. The van der Waals surface area contributed by atoms with E-state index in [0.29, 0.717) is 0 Å². The van der Waals surface area contributed by atoms with Crippen molar-refractivity contribution in [2.45, 2.75) is 18.7 Å². The van der Waals surface area contributed by atoms with Gasteiger partial charge in [-0.15, -0.1) is 18.2 Å². The van der Waals surface area contributed by atoms with Crippen LogP contribution in [-0.4, -0.2) is 4.87 Å². The number of halogens is 1. The summed E-state index contributed by atoms with van der Waals surface area (Å²) in [7, 11) is 0. The molecule has 1 aliphatic carbocycles. The standard InChI is InChI=1S/C10H13Cl/c1-4-9-8(2)6-5-7-10(9,3)11/h4-7,9H,1H2,2-3H3. The van der Waals surface area contributed by atoms with Crippen LogP contribution in [0.3, 0.4) is 0 Å². The van der Waals surface area contributed by atoms with Crippen molar-refractivity contribution < 1.29 is 0 Å². The van der Waals surface area contributed by atoms with Crippen molar-refractivity contribution in [3.63, 3.8) is 0 Å². The summed E-state index contributed by atoms with van der Waals surface area (Å²) >= 11 is 6.23. The van der Waals surface area contributed by atoms with Gasteiger partial charge in [0, 0.05) is 5.92 Å². The normalized spacial score (nSPS) is 36.6. The zero-order chi connectivity index (χ0) is 8.48. The molecule has 0 aromatic rings. The molecule has 2 atom stereocenters. The molecular formula is C10H13Cl. The second kappa shape index (κ2) is 2.86. The third kappa shape index (κ3) is 1.57. The molecule has 0 aromatic carbocycles. The Bertz CT molecular complexity index is 221. The van der Waals surface area contributed by atoms with Crippen molar-refractivity contribution in [1.29, 1.82) is 0 Å². The fourth-order valence-corrected chi connectivity index (χ4v) is 1.79. The molecule has 0 spiro atoms. The van der Waals surface area contributed by atoms with Crippen LogP contribution in [0.5, 0.6) is 0 Å². The SMILES string of the molecule is C=CC1C(C)=CC=CC1(C)Cl. The Morgan fingerprint density at radius 1 is 1.73 bits per heavy atom. The Morgan fingerprint density at radius 3 is 2.73 bits per heavy atom. The molecule has 0 nitrogen and oxygen atoms in total. The molecule has 1 rings (SSSR count). The molecule has 0 aliphatic heterocycles. The van der Waals surface area contributed by atoms with Gasteiger partial charge in [-0.25, -0.2) is 0 Å². The van der Waals surface area contributed by atoms with E-state index in [2.05, 4.69) is 19.6 Å².